The van der Waals surface area contributed by atoms with E-state index in [1.807, 2.05) is 55.4 Å². The van der Waals surface area contributed by atoms with Crippen LogP contribution in [-0.4, -0.2) is 202 Å². The molecule has 2 N–H and O–H groups in total. The maximum atomic E-state index is 15.1. The van der Waals surface area contributed by atoms with Crippen LogP contribution in [0.4, 0.5) is 0 Å². The molecule has 0 radical (unpaired) electrons. The van der Waals surface area contributed by atoms with Gasteiger partial charge in [-0.25, -0.2) is 5.06 Å². The predicted octanol–water partition coefficient (Wildman–Crippen LogP) is 6.55. The Bertz CT molecular complexity index is 2410. The van der Waals surface area contributed by atoms with Gasteiger partial charge in [-0.15, -0.1) is 6.58 Å². The highest BCUT2D eigenvalue weighted by Gasteiger charge is 2.55. The minimum atomic E-state index is -1.23. The van der Waals surface area contributed by atoms with Crippen molar-refractivity contribution in [3.8, 4) is 0 Å². The first-order valence-corrected chi connectivity index (χ1v) is 31.6. The standard InChI is InChI=1S/C65H113N9O12/c1-26-29-30-41(14)54-53-57(78)67-46(27-2)61(82)68(20)44(17)59(80)73(25)55(65(18,19)28-3)51(76)35-45(39(10)11)60(81)69(21)47(31-36(4)5)50(75)34-42(15)56(77)66-43(16)58(79)70(22)48(32-37(6)7)62(83)71(23)49(33-38(8)9)63(84)72(24)52(40(12)13)64(85)74(53)86-54/h28,36-49,52-55H,3,26-27,29-35H2,1-2,4-25H3,(H,66,77)(H,67,78)/t41-,42-,43-,44-,45+,46+,47+,48+,49+,52+,53+,54?,55-/m1/s1. The van der Waals surface area contributed by atoms with E-state index in [-0.39, 0.29) is 62.2 Å². The first-order valence-electron chi connectivity index (χ1n) is 31.6. The minimum Gasteiger partial charge on any atom is -0.344 e. The van der Waals surface area contributed by atoms with Crippen molar-refractivity contribution in [2.45, 2.75) is 243 Å². The number of carbonyl (C=O) groups is 11. The number of Topliss-reactive ketones (excluding diaryl/α,β-unsaturated/α-hetero) is 2. The fraction of sp³-hybridized carbons (Fsp3) is 0.800. The van der Waals surface area contributed by atoms with Gasteiger partial charge in [0.2, 0.25) is 47.3 Å². The SMILES string of the molecule is C=CC(C)(C)[C@H]1C(=O)C[C@@H](C(C)C)C(=O)N(C)[C@@H](CC(C)C)C(=O)C[C@@H](C)C(=O)N[C@H](C)C(=O)N(C)[C@@H](CC(C)C)C(=O)N(C)[C@@H](CC(C)C)C(=O)N(C)[C@@H](C(C)C)C(=O)N2OC([C@H](C)CCCC)[C@H]2C(=O)N[C@@H](CC)C(=O)N(C)[C@H](C)C(=O)N1C. The Morgan fingerprint density at radius 1 is 0.558 bits per heavy atom. The lowest BCUT2D eigenvalue weighted by molar-refractivity contribution is -0.322. The predicted molar refractivity (Wildman–Crippen MR) is 333 cm³/mol. The van der Waals surface area contributed by atoms with Crippen LogP contribution in [0.2, 0.25) is 0 Å². The van der Waals surface area contributed by atoms with Gasteiger partial charge < -0.3 is 40.0 Å². The van der Waals surface area contributed by atoms with Crippen LogP contribution in [0.1, 0.15) is 182 Å². The van der Waals surface area contributed by atoms with E-state index in [4.69, 9.17) is 4.84 Å². The Balaban J connectivity index is 2.98. The molecule has 0 aromatic rings. The fourth-order valence-corrected chi connectivity index (χ4v) is 12.0. The van der Waals surface area contributed by atoms with Crippen molar-refractivity contribution in [2.75, 3.05) is 42.3 Å². The monoisotopic (exact) mass is 1210 g/mol. The molecule has 0 aliphatic carbocycles. The van der Waals surface area contributed by atoms with E-state index in [0.29, 0.717) is 6.42 Å². The van der Waals surface area contributed by atoms with E-state index in [1.165, 1.54) is 85.5 Å². The third kappa shape index (κ3) is 18.9. The van der Waals surface area contributed by atoms with Crippen molar-refractivity contribution in [1.82, 2.24) is 45.1 Å². The van der Waals surface area contributed by atoms with Crippen LogP contribution >= 0.6 is 0 Å². The second-order valence-corrected chi connectivity index (χ2v) is 27.5. The summed E-state index contributed by atoms with van der Waals surface area (Å²) in [5, 5.41) is 6.62. The number of likely N-dealkylation sites (N-methyl/N-ethyl adjacent to an activating group) is 6. The van der Waals surface area contributed by atoms with Gasteiger partial charge in [0.25, 0.3) is 5.91 Å². The lowest BCUT2D eigenvalue weighted by Crippen LogP contribution is -2.72. The second kappa shape index (κ2) is 33.0. The lowest BCUT2D eigenvalue weighted by Gasteiger charge is -2.50. The highest BCUT2D eigenvalue weighted by atomic mass is 16.7. The third-order valence-electron chi connectivity index (χ3n) is 17.8. The van der Waals surface area contributed by atoms with E-state index in [0.717, 1.165) is 17.9 Å². The van der Waals surface area contributed by atoms with E-state index in [2.05, 4.69) is 17.2 Å². The van der Waals surface area contributed by atoms with Gasteiger partial charge in [-0.1, -0.05) is 130 Å². The molecule has 1 unspecified atom stereocenters. The van der Waals surface area contributed by atoms with Crippen LogP contribution < -0.4 is 10.6 Å². The van der Waals surface area contributed by atoms with Gasteiger partial charge in [0.1, 0.15) is 42.4 Å². The molecular weight excluding hydrogens is 1100 g/mol. The summed E-state index contributed by atoms with van der Waals surface area (Å²) in [6, 6.07) is -10.4. The van der Waals surface area contributed by atoms with Crippen molar-refractivity contribution in [2.24, 2.45) is 52.8 Å². The summed E-state index contributed by atoms with van der Waals surface area (Å²) >= 11 is 0. The Labute approximate surface area is 516 Å². The normalized spacial score (nSPS) is 28.8. The van der Waals surface area contributed by atoms with Crippen molar-refractivity contribution in [3.05, 3.63) is 12.7 Å². The van der Waals surface area contributed by atoms with E-state index >= 15 is 9.59 Å². The number of carbonyl (C=O) groups excluding carboxylic acids is 11. The van der Waals surface area contributed by atoms with Crippen LogP contribution in [0.5, 0.6) is 0 Å². The number of fused-ring (bicyclic) bond motifs is 1. The molecule has 13 atom stereocenters. The van der Waals surface area contributed by atoms with Crippen LogP contribution in [0.15, 0.2) is 12.7 Å². The first-order chi connectivity index (χ1) is 39.7. The molecule has 0 saturated carbocycles. The Hall–Kier alpha value is -5.73. The second-order valence-electron chi connectivity index (χ2n) is 27.5. The molecule has 2 fully saturated rings. The van der Waals surface area contributed by atoms with Crippen molar-refractivity contribution in [1.29, 1.82) is 0 Å². The number of nitrogens with zero attached hydrogens (tertiary/aromatic N) is 7. The summed E-state index contributed by atoms with van der Waals surface area (Å²) in [5.41, 5.74) is -1.06. The van der Waals surface area contributed by atoms with Gasteiger partial charge in [-0.05, 0) is 81.5 Å². The number of hydroxylamine groups is 2. The van der Waals surface area contributed by atoms with Gasteiger partial charge in [-0.3, -0.25) is 57.6 Å². The van der Waals surface area contributed by atoms with Gasteiger partial charge in [0.05, 0.1) is 12.1 Å². The quantitative estimate of drug-likeness (QED) is 0.166. The third-order valence-corrected chi connectivity index (χ3v) is 17.8. The molecule has 9 amide bonds. The molecule has 21 heteroatoms. The number of hydrogen-bond donors (Lipinski definition) is 2. The molecule has 0 bridgehead atoms. The number of rotatable bonds is 15. The van der Waals surface area contributed by atoms with E-state index < -0.39 is 154 Å². The molecule has 2 heterocycles. The number of hydrogen-bond acceptors (Lipinski definition) is 12. The Morgan fingerprint density at radius 2 is 1.05 bits per heavy atom. The zero-order valence-electron chi connectivity index (χ0n) is 57.1. The summed E-state index contributed by atoms with van der Waals surface area (Å²) in [5.74, 6) is -9.69. The van der Waals surface area contributed by atoms with Crippen LogP contribution in [-0.2, 0) is 57.6 Å². The van der Waals surface area contributed by atoms with Crippen LogP contribution in [0.3, 0.4) is 0 Å². The first kappa shape index (κ1) is 76.4. The van der Waals surface area contributed by atoms with Crippen LogP contribution in [0, 0.1) is 52.8 Å². The molecule has 490 valence electrons. The van der Waals surface area contributed by atoms with E-state index in [1.54, 1.807) is 61.5 Å². The Morgan fingerprint density at radius 3 is 1.51 bits per heavy atom. The van der Waals surface area contributed by atoms with Gasteiger partial charge in [0, 0.05) is 72.4 Å². The number of amides is 9. The summed E-state index contributed by atoms with van der Waals surface area (Å²) in [4.78, 5) is 176. The minimum absolute atomic E-state index is 0.0779. The molecule has 2 aliphatic heterocycles. The summed E-state index contributed by atoms with van der Waals surface area (Å²) in [6.07, 6.45) is 3.16. The average molecular weight is 1210 g/mol. The van der Waals surface area contributed by atoms with Gasteiger partial charge in [0.15, 0.2) is 17.6 Å². The van der Waals surface area contributed by atoms with Crippen molar-refractivity contribution in [3.63, 3.8) is 0 Å². The number of nitrogens with one attached hydrogen (secondary N) is 2. The van der Waals surface area contributed by atoms with Gasteiger partial charge in [-0.2, -0.15) is 0 Å². The fourth-order valence-electron chi connectivity index (χ4n) is 12.0. The molecule has 0 spiro atoms. The zero-order valence-corrected chi connectivity index (χ0v) is 57.1. The summed E-state index contributed by atoms with van der Waals surface area (Å²) < 4.78 is 0. The highest BCUT2D eigenvalue weighted by Crippen LogP contribution is 2.35. The molecule has 2 saturated heterocycles. The average Bonchev–Trinajstić information content (AvgIpc) is 1.20. The molecule has 2 rings (SSSR count). The Kier molecular flexibility index (Phi) is 29.3. The number of unbranched alkanes of at least 4 members (excludes halogenated alkanes) is 1. The van der Waals surface area contributed by atoms with E-state index in [9.17, 15) is 43.2 Å². The molecule has 21 nitrogen and oxygen atoms in total. The molecule has 2 aliphatic rings. The number of ketones is 2. The van der Waals surface area contributed by atoms with Crippen LogP contribution in [0.25, 0.3) is 0 Å². The highest BCUT2D eigenvalue weighted by molar-refractivity contribution is 6.00. The summed E-state index contributed by atoms with van der Waals surface area (Å²) in [6.45, 7) is 36.2. The topological polar surface area (TPSA) is 244 Å². The molecule has 0 aromatic heterocycles. The maximum absolute atomic E-state index is 15.1. The molecule has 0 aromatic carbocycles. The van der Waals surface area contributed by atoms with Gasteiger partial charge >= 0.3 is 0 Å². The smallest absolute Gasteiger partial charge is 0.270 e. The maximum Gasteiger partial charge on any atom is 0.270 e. The molecular formula is C65H113N9O12. The largest absolute Gasteiger partial charge is 0.344 e. The van der Waals surface area contributed by atoms with Crippen molar-refractivity contribution < 1.29 is 57.6 Å². The summed E-state index contributed by atoms with van der Waals surface area (Å²) in [7, 11) is 8.84. The zero-order chi connectivity index (χ0) is 66.5. The lowest BCUT2D eigenvalue weighted by atomic mass is 9.77. The van der Waals surface area contributed by atoms with Crippen molar-refractivity contribution >= 4 is 64.7 Å². The molecule has 86 heavy (non-hydrogen) atoms.